The minimum atomic E-state index is -0.703. The highest BCUT2D eigenvalue weighted by Crippen LogP contribution is 2.34. The highest BCUT2D eigenvalue weighted by atomic mass is 16.2. The first-order chi connectivity index (χ1) is 13.5. The smallest absolute Gasteiger partial charge is 0.257 e. The van der Waals surface area contributed by atoms with E-state index in [1.54, 1.807) is 17.0 Å². The van der Waals surface area contributed by atoms with E-state index in [0.717, 1.165) is 24.0 Å². The summed E-state index contributed by atoms with van der Waals surface area (Å²) in [4.78, 5) is 41.5. The van der Waals surface area contributed by atoms with Crippen LogP contribution in [0.4, 0.5) is 5.69 Å². The van der Waals surface area contributed by atoms with E-state index in [0.29, 0.717) is 18.7 Å². The molecule has 2 aromatic rings. The van der Waals surface area contributed by atoms with Crippen LogP contribution in [0.3, 0.4) is 0 Å². The number of imide groups is 1. The number of aryl methyl sites for hydroxylation is 1. The zero-order valence-electron chi connectivity index (χ0n) is 16.0. The van der Waals surface area contributed by atoms with Crippen LogP contribution in [-0.4, -0.2) is 35.2 Å². The van der Waals surface area contributed by atoms with Crippen molar-refractivity contribution < 1.29 is 14.4 Å². The summed E-state index contributed by atoms with van der Waals surface area (Å²) in [5.41, 5.74) is 2.75. The van der Waals surface area contributed by atoms with Crippen molar-refractivity contribution in [1.82, 2.24) is 4.90 Å². The average Bonchev–Trinajstić information content (AvgIpc) is 3.50. The molecule has 0 radical (unpaired) electrons. The third-order valence-electron chi connectivity index (χ3n) is 5.49. The largest absolute Gasteiger partial charge is 0.330 e. The Morgan fingerprint density at radius 2 is 1.71 bits per heavy atom. The summed E-state index contributed by atoms with van der Waals surface area (Å²) in [6.45, 7) is 2.41. The predicted molar refractivity (Wildman–Crippen MR) is 107 cm³/mol. The van der Waals surface area contributed by atoms with Crippen LogP contribution in [0.1, 0.15) is 30.4 Å². The normalized spacial score (nSPS) is 19.2. The number of rotatable bonds is 6. The van der Waals surface area contributed by atoms with Crippen molar-refractivity contribution in [3.8, 4) is 0 Å². The predicted octanol–water partition coefficient (Wildman–Crippen LogP) is 3.11. The van der Waals surface area contributed by atoms with Gasteiger partial charge in [0.1, 0.15) is 6.04 Å². The van der Waals surface area contributed by atoms with Crippen molar-refractivity contribution in [1.29, 1.82) is 0 Å². The molecule has 5 heteroatoms. The van der Waals surface area contributed by atoms with Crippen LogP contribution >= 0.6 is 0 Å². The van der Waals surface area contributed by atoms with E-state index >= 15 is 0 Å². The Balaban J connectivity index is 1.55. The van der Waals surface area contributed by atoms with Crippen LogP contribution in [0.5, 0.6) is 0 Å². The number of benzene rings is 2. The maximum atomic E-state index is 13.1. The molecule has 1 unspecified atom stereocenters. The van der Waals surface area contributed by atoms with Gasteiger partial charge in [0.25, 0.3) is 5.91 Å². The van der Waals surface area contributed by atoms with Gasteiger partial charge in [-0.15, -0.1) is 0 Å². The standard InChI is InChI=1S/C23H24N2O3/c1-16-7-11-19(12-8-16)25-21(26)15-20(23(25)28)24(22(27)18-9-10-18)14-13-17-5-3-2-4-6-17/h2-8,11-12,18,20H,9-10,13-15H2,1H3. The minimum absolute atomic E-state index is 0.00657. The van der Waals surface area contributed by atoms with Crippen molar-refractivity contribution in [3.05, 3.63) is 65.7 Å². The highest BCUT2D eigenvalue weighted by molar-refractivity contribution is 6.23. The summed E-state index contributed by atoms with van der Waals surface area (Å²) < 4.78 is 0. The lowest BCUT2D eigenvalue weighted by molar-refractivity contribution is -0.139. The Bertz CT molecular complexity index is 888. The molecule has 1 atom stereocenters. The van der Waals surface area contributed by atoms with E-state index in [4.69, 9.17) is 0 Å². The van der Waals surface area contributed by atoms with Crippen LogP contribution in [0.2, 0.25) is 0 Å². The van der Waals surface area contributed by atoms with Gasteiger partial charge in [-0.1, -0.05) is 48.0 Å². The first kappa shape index (κ1) is 18.4. The SMILES string of the molecule is Cc1ccc(N2C(=O)CC(N(CCc3ccccc3)C(=O)C3CC3)C2=O)cc1. The molecule has 2 aliphatic rings. The highest BCUT2D eigenvalue weighted by Gasteiger charge is 2.46. The fraction of sp³-hybridized carbons (Fsp3) is 0.348. The molecule has 1 heterocycles. The molecule has 0 N–H and O–H groups in total. The van der Waals surface area contributed by atoms with Gasteiger partial charge in [0.2, 0.25) is 11.8 Å². The molecule has 1 saturated heterocycles. The lowest BCUT2D eigenvalue weighted by atomic mass is 10.1. The van der Waals surface area contributed by atoms with Crippen molar-refractivity contribution >= 4 is 23.4 Å². The molecule has 2 aromatic carbocycles. The van der Waals surface area contributed by atoms with Crippen LogP contribution < -0.4 is 4.90 Å². The maximum absolute atomic E-state index is 13.1. The van der Waals surface area contributed by atoms with Gasteiger partial charge < -0.3 is 4.90 Å². The van der Waals surface area contributed by atoms with E-state index in [9.17, 15) is 14.4 Å². The lowest BCUT2D eigenvalue weighted by Gasteiger charge is -2.28. The third-order valence-corrected chi connectivity index (χ3v) is 5.49. The second-order valence-corrected chi connectivity index (χ2v) is 7.66. The molecule has 28 heavy (non-hydrogen) atoms. The van der Waals surface area contributed by atoms with Gasteiger partial charge in [-0.2, -0.15) is 0 Å². The fourth-order valence-electron chi connectivity index (χ4n) is 3.70. The van der Waals surface area contributed by atoms with Gasteiger partial charge in [-0.25, -0.2) is 4.90 Å². The summed E-state index contributed by atoms with van der Waals surface area (Å²) in [5.74, 6) is -0.525. The average molecular weight is 376 g/mol. The first-order valence-corrected chi connectivity index (χ1v) is 9.82. The van der Waals surface area contributed by atoms with Gasteiger partial charge in [0.05, 0.1) is 12.1 Å². The van der Waals surface area contributed by atoms with Crippen LogP contribution in [0.25, 0.3) is 0 Å². The Morgan fingerprint density at radius 1 is 1.04 bits per heavy atom. The molecule has 1 saturated carbocycles. The van der Waals surface area contributed by atoms with Crippen LogP contribution in [0.15, 0.2) is 54.6 Å². The van der Waals surface area contributed by atoms with E-state index in [1.165, 1.54) is 4.90 Å². The van der Waals surface area contributed by atoms with Gasteiger partial charge in [0, 0.05) is 12.5 Å². The summed E-state index contributed by atoms with van der Waals surface area (Å²) in [6.07, 6.45) is 2.47. The van der Waals surface area contributed by atoms with Crippen molar-refractivity contribution in [2.75, 3.05) is 11.4 Å². The van der Waals surface area contributed by atoms with Crippen molar-refractivity contribution in [2.45, 2.75) is 38.6 Å². The summed E-state index contributed by atoms with van der Waals surface area (Å²) in [5, 5.41) is 0. The quantitative estimate of drug-likeness (QED) is 0.728. The number of carbonyl (C=O) groups excluding carboxylic acids is 3. The molecule has 3 amide bonds. The number of hydrogen-bond acceptors (Lipinski definition) is 3. The Morgan fingerprint density at radius 3 is 2.36 bits per heavy atom. The van der Waals surface area contributed by atoms with Gasteiger partial charge in [-0.3, -0.25) is 14.4 Å². The van der Waals surface area contributed by atoms with E-state index in [1.807, 2.05) is 49.4 Å². The van der Waals surface area contributed by atoms with Gasteiger partial charge in [-0.05, 0) is 43.9 Å². The zero-order valence-corrected chi connectivity index (χ0v) is 16.0. The number of hydrogen-bond donors (Lipinski definition) is 0. The number of amides is 3. The molecule has 0 aromatic heterocycles. The van der Waals surface area contributed by atoms with E-state index < -0.39 is 6.04 Å². The summed E-state index contributed by atoms with van der Waals surface area (Å²) in [6, 6.07) is 16.5. The molecule has 4 rings (SSSR count). The molecule has 2 fully saturated rings. The van der Waals surface area contributed by atoms with Gasteiger partial charge in [0.15, 0.2) is 0 Å². The van der Waals surface area contributed by atoms with E-state index in [2.05, 4.69) is 0 Å². The Labute approximate surface area is 164 Å². The molecule has 0 spiro atoms. The Kier molecular flexibility index (Phi) is 4.99. The second kappa shape index (κ2) is 7.58. The molecule has 0 bridgehead atoms. The molecule has 1 aliphatic heterocycles. The molecule has 5 nitrogen and oxygen atoms in total. The monoisotopic (exact) mass is 376 g/mol. The number of nitrogens with zero attached hydrogens (tertiary/aromatic N) is 2. The fourth-order valence-corrected chi connectivity index (χ4v) is 3.70. The van der Waals surface area contributed by atoms with Crippen molar-refractivity contribution in [2.24, 2.45) is 5.92 Å². The Hall–Kier alpha value is -2.95. The molecule has 1 aliphatic carbocycles. The number of carbonyl (C=O) groups is 3. The number of anilines is 1. The van der Waals surface area contributed by atoms with Crippen LogP contribution in [-0.2, 0) is 20.8 Å². The molecule has 144 valence electrons. The third kappa shape index (κ3) is 3.70. The molecular weight excluding hydrogens is 352 g/mol. The lowest BCUT2D eigenvalue weighted by Crippen LogP contribution is -2.47. The first-order valence-electron chi connectivity index (χ1n) is 9.82. The van der Waals surface area contributed by atoms with Gasteiger partial charge >= 0.3 is 0 Å². The summed E-state index contributed by atoms with van der Waals surface area (Å²) in [7, 11) is 0. The van der Waals surface area contributed by atoms with Crippen LogP contribution in [0, 0.1) is 12.8 Å². The second-order valence-electron chi connectivity index (χ2n) is 7.66. The molecular formula is C23H24N2O3. The zero-order chi connectivity index (χ0) is 19.7. The van der Waals surface area contributed by atoms with Crippen molar-refractivity contribution in [3.63, 3.8) is 0 Å². The minimum Gasteiger partial charge on any atom is -0.330 e. The summed E-state index contributed by atoms with van der Waals surface area (Å²) >= 11 is 0. The topological polar surface area (TPSA) is 57.7 Å². The van der Waals surface area contributed by atoms with E-state index in [-0.39, 0.29) is 30.1 Å². The maximum Gasteiger partial charge on any atom is 0.257 e.